The minimum absolute atomic E-state index is 0.0638. The van der Waals surface area contributed by atoms with Crippen molar-refractivity contribution in [3.05, 3.63) is 68.2 Å². The molecule has 0 aliphatic heterocycles. The van der Waals surface area contributed by atoms with Crippen molar-refractivity contribution in [3.63, 3.8) is 0 Å². The van der Waals surface area contributed by atoms with Crippen LogP contribution in [0.5, 0.6) is 0 Å². The Bertz CT molecular complexity index is 1110. The van der Waals surface area contributed by atoms with Gasteiger partial charge in [0.2, 0.25) is 5.91 Å². The van der Waals surface area contributed by atoms with Gasteiger partial charge in [-0.2, -0.15) is 13.2 Å². The fraction of sp³-hybridized carbons (Fsp3) is 0.250. The topological polar surface area (TPSA) is 119 Å². The fourth-order valence-electron chi connectivity index (χ4n) is 2.68. The number of rotatable bonds is 7. The third-order valence-electron chi connectivity index (χ3n) is 4.41. The van der Waals surface area contributed by atoms with Crippen LogP contribution < -0.4 is 5.32 Å². The van der Waals surface area contributed by atoms with E-state index in [9.17, 15) is 37.7 Å². The van der Waals surface area contributed by atoms with Gasteiger partial charge >= 0.3 is 12.1 Å². The number of ether oxygens (including phenoxy) is 1. The number of nitro groups is 1. The van der Waals surface area contributed by atoms with Gasteiger partial charge in [-0.15, -0.1) is 0 Å². The number of carbonyl (C=O) groups excluding carboxylic acids is 3. The van der Waals surface area contributed by atoms with E-state index < -0.39 is 52.6 Å². The minimum Gasteiger partial charge on any atom is -0.452 e. The monoisotopic (exact) mass is 487 g/mol. The first kappa shape index (κ1) is 25.6. The first-order valence-corrected chi connectivity index (χ1v) is 9.50. The number of carbonyl (C=O) groups is 3. The van der Waals surface area contributed by atoms with Crippen LogP contribution >= 0.6 is 11.6 Å². The number of benzene rings is 2. The number of amides is 2. The summed E-state index contributed by atoms with van der Waals surface area (Å²) in [5.74, 6) is -2.56. The lowest BCUT2D eigenvalue weighted by Gasteiger charge is -2.17. The van der Waals surface area contributed by atoms with Crippen LogP contribution in [0.4, 0.5) is 24.5 Å². The number of halogens is 4. The van der Waals surface area contributed by atoms with Gasteiger partial charge in [-0.25, -0.2) is 4.79 Å². The van der Waals surface area contributed by atoms with E-state index in [4.69, 9.17) is 16.3 Å². The van der Waals surface area contributed by atoms with Gasteiger partial charge in [0.1, 0.15) is 0 Å². The maximum Gasteiger partial charge on any atom is 0.417 e. The molecule has 9 nitrogen and oxygen atoms in total. The van der Waals surface area contributed by atoms with Crippen LogP contribution in [0.2, 0.25) is 5.02 Å². The highest BCUT2D eigenvalue weighted by molar-refractivity contribution is 6.31. The summed E-state index contributed by atoms with van der Waals surface area (Å²) in [6.07, 6.45) is -4.72. The Labute approximate surface area is 190 Å². The Morgan fingerprint density at radius 2 is 1.88 bits per heavy atom. The second kappa shape index (κ2) is 10.3. The first-order chi connectivity index (χ1) is 15.3. The Kier molecular flexibility index (Phi) is 7.99. The summed E-state index contributed by atoms with van der Waals surface area (Å²) in [7, 11) is 1.22. The Hall–Kier alpha value is -3.67. The smallest absolute Gasteiger partial charge is 0.417 e. The van der Waals surface area contributed by atoms with E-state index in [-0.39, 0.29) is 22.5 Å². The van der Waals surface area contributed by atoms with Gasteiger partial charge in [-0.1, -0.05) is 17.7 Å². The Morgan fingerprint density at radius 3 is 2.48 bits per heavy atom. The summed E-state index contributed by atoms with van der Waals surface area (Å²) >= 11 is 5.52. The number of hydrogen-bond donors (Lipinski definition) is 1. The summed E-state index contributed by atoms with van der Waals surface area (Å²) in [6.45, 7) is 0.0497. The number of anilines is 1. The third-order valence-corrected chi connectivity index (χ3v) is 4.74. The maximum atomic E-state index is 12.9. The lowest BCUT2D eigenvalue weighted by atomic mass is 10.1. The number of nitrogens with zero attached hydrogens (tertiary/aromatic N) is 2. The molecule has 0 unspecified atom stereocenters. The standard InChI is InChI=1S/C20H17ClF3N3O6/c1-11-13(4-3-5-16(11)27(31)32)19(30)33-10-18(29)26(2)9-17(28)25-12-6-7-15(21)14(8-12)20(22,23)24/h3-8H,9-10H2,1-2H3,(H,25,28). The van der Waals surface area contributed by atoms with Gasteiger partial charge in [0, 0.05) is 24.4 Å². The van der Waals surface area contributed by atoms with Gasteiger partial charge in [0.25, 0.3) is 11.6 Å². The highest BCUT2D eigenvalue weighted by Gasteiger charge is 2.33. The minimum atomic E-state index is -4.72. The van der Waals surface area contributed by atoms with Crippen LogP contribution in [0.25, 0.3) is 0 Å². The number of nitro benzene ring substituents is 1. The molecule has 33 heavy (non-hydrogen) atoms. The molecule has 0 atom stereocenters. The number of nitrogens with one attached hydrogen (secondary N) is 1. The molecule has 176 valence electrons. The van der Waals surface area contributed by atoms with Crippen LogP contribution in [-0.2, 0) is 20.5 Å². The normalized spacial score (nSPS) is 11.0. The van der Waals surface area contributed by atoms with Gasteiger partial charge in [0.15, 0.2) is 6.61 Å². The van der Waals surface area contributed by atoms with Crippen molar-refractivity contribution >= 4 is 40.8 Å². The second-order valence-electron chi connectivity index (χ2n) is 6.77. The summed E-state index contributed by atoms with van der Waals surface area (Å²) in [5.41, 5.74) is -1.63. The van der Waals surface area contributed by atoms with Crippen LogP contribution in [-0.4, -0.2) is 47.8 Å². The van der Waals surface area contributed by atoms with E-state index in [0.717, 1.165) is 11.0 Å². The van der Waals surface area contributed by atoms with Crippen LogP contribution in [0, 0.1) is 17.0 Å². The predicted octanol–water partition coefficient (Wildman–Crippen LogP) is 3.83. The van der Waals surface area contributed by atoms with E-state index in [1.54, 1.807) is 0 Å². The number of likely N-dealkylation sites (N-methyl/N-ethyl adjacent to an activating group) is 1. The summed E-state index contributed by atoms with van der Waals surface area (Å²) in [4.78, 5) is 47.6. The molecule has 0 saturated heterocycles. The Morgan fingerprint density at radius 1 is 1.21 bits per heavy atom. The number of esters is 1. The van der Waals surface area contributed by atoms with Gasteiger partial charge in [0.05, 0.1) is 27.6 Å². The fourth-order valence-corrected chi connectivity index (χ4v) is 2.91. The molecular formula is C20H17ClF3N3O6. The molecule has 0 fully saturated rings. The zero-order valence-corrected chi connectivity index (χ0v) is 18.0. The van der Waals surface area contributed by atoms with E-state index in [1.165, 1.54) is 38.2 Å². The van der Waals surface area contributed by atoms with Crippen molar-refractivity contribution in [3.8, 4) is 0 Å². The Balaban J connectivity index is 1.95. The molecule has 13 heteroatoms. The lowest BCUT2D eigenvalue weighted by molar-refractivity contribution is -0.385. The molecule has 2 rings (SSSR count). The molecule has 2 aromatic carbocycles. The maximum absolute atomic E-state index is 12.9. The molecule has 0 heterocycles. The molecule has 0 bridgehead atoms. The average Bonchev–Trinajstić information content (AvgIpc) is 2.72. The molecule has 0 saturated carbocycles. The number of hydrogen-bond acceptors (Lipinski definition) is 6. The highest BCUT2D eigenvalue weighted by Crippen LogP contribution is 2.36. The van der Waals surface area contributed by atoms with Gasteiger partial charge in [-0.05, 0) is 31.2 Å². The molecule has 0 aliphatic carbocycles. The molecule has 2 amide bonds. The van der Waals surface area contributed by atoms with Gasteiger partial charge < -0.3 is 15.0 Å². The molecule has 2 aromatic rings. The largest absolute Gasteiger partial charge is 0.452 e. The van der Waals surface area contributed by atoms with Crippen LogP contribution in [0.3, 0.4) is 0 Å². The second-order valence-corrected chi connectivity index (χ2v) is 7.18. The highest BCUT2D eigenvalue weighted by atomic mass is 35.5. The molecule has 0 spiro atoms. The lowest BCUT2D eigenvalue weighted by Crippen LogP contribution is -2.37. The molecule has 0 radical (unpaired) electrons. The summed E-state index contributed by atoms with van der Waals surface area (Å²) in [6, 6.07) is 6.60. The summed E-state index contributed by atoms with van der Waals surface area (Å²) < 4.78 is 43.6. The van der Waals surface area contributed by atoms with E-state index >= 15 is 0 Å². The SMILES string of the molecule is Cc1c(C(=O)OCC(=O)N(C)CC(=O)Nc2ccc(Cl)c(C(F)(F)F)c2)cccc1[N+](=O)[O-]. The van der Waals surface area contributed by atoms with E-state index in [0.29, 0.717) is 6.07 Å². The van der Waals surface area contributed by atoms with Crippen molar-refractivity contribution in [2.45, 2.75) is 13.1 Å². The van der Waals surface area contributed by atoms with Crippen molar-refractivity contribution < 1.29 is 37.2 Å². The number of alkyl halides is 3. The zero-order chi connectivity index (χ0) is 24.9. The van der Waals surface area contributed by atoms with Crippen LogP contribution in [0.15, 0.2) is 36.4 Å². The predicted molar refractivity (Wildman–Crippen MR) is 111 cm³/mol. The first-order valence-electron chi connectivity index (χ1n) is 9.13. The molecular weight excluding hydrogens is 471 g/mol. The molecule has 1 N–H and O–H groups in total. The molecule has 0 aromatic heterocycles. The van der Waals surface area contributed by atoms with Crippen molar-refractivity contribution in [1.29, 1.82) is 0 Å². The average molecular weight is 488 g/mol. The van der Waals surface area contributed by atoms with Gasteiger partial charge in [-0.3, -0.25) is 19.7 Å². The quantitative estimate of drug-likeness (QED) is 0.360. The zero-order valence-electron chi connectivity index (χ0n) is 17.2. The van der Waals surface area contributed by atoms with Crippen LogP contribution in [0.1, 0.15) is 21.5 Å². The van der Waals surface area contributed by atoms with Crippen molar-refractivity contribution in [2.24, 2.45) is 0 Å². The summed E-state index contributed by atoms with van der Waals surface area (Å²) in [5, 5.41) is 12.6. The van der Waals surface area contributed by atoms with Crippen molar-refractivity contribution in [2.75, 3.05) is 25.5 Å². The molecule has 0 aliphatic rings. The van der Waals surface area contributed by atoms with E-state index in [1.807, 2.05) is 0 Å². The van der Waals surface area contributed by atoms with E-state index in [2.05, 4.69) is 5.32 Å². The van der Waals surface area contributed by atoms with Crippen molar-refractivity contribution in [1.82, 2.24) is 4.90 Å². The third kappa shape index (κ3) is 6.65.